The number of hydrogen-bond acceptors (Lipinski definition) is 4. The zero-order valence-electron chi connectivity index (χ0n) is 17.0. The van der Waals surface area contributed by atoms with Gasteiger partial charge in [-0.3, -0.25) is 14.5 Å². The summed E-state index contributed by atoms with van der Waals surface area (Å²) in [6, 6.07) is 13.5. The SMILES string of the molecule is COc1cccc(C2CC(=O)N(c3ccc(C)cc3)C3=C2C(=O)CCC3)c1OC. The van der Waals surface area contributed by atoms with Gasteiger partial charge in [0.2, 0.25) is 5.91 Å². The maximum absolute atomic E-state index is 13.3. The molecule has 0 fully saturated rings. The molecule has 0 radical (unpaired) electrons. The smallest absolute Gasteiger partial charge is 0.232 e. The molecule has 0 saturated carbocycles. The van der Waals surface area contributed by atoms with Crippen molar-refractivity contribution in [2.45, 2.75) is 38.5 Å². The largest absolute Gasteiger partial charge is 0.493 e. The molecule has 0 spiro atoms. The Morgan fingerprint density at radius 3 is 2.41 bits per heavy atom. The molecule has 5 heteroatoms. The molecule has 0 aromatic heterocycles. The third kappa shape index (κ3) is 3.31. The topological polar surface area (TPSA) is 55.8 Å². The molecule has 0 saturated heterocycles. The van der Waals surface area contributed by atoms with E-state index >= 15 is 0 Å². The fourth-order valence-corrected chi connectivity index (χ4v) is 4.44. The number of allylic oxidation sites excluding steroid dienone is 2. The van der Waals surface area contributed by atoms with Crippen LogP contribution in [0.3, 0.4) is 0 Å². The highest BCUT2D eigenvalue weighted by Gasteiger charge is 2.41. The van der Waals surface area contributed by atoms with Crippen LogP contribution in [0.25, 0.3) is 0 Å². The van der Waals surface area contributed by atoms with Crippen molar-refractivity contribution in [1.29, 1.82) is 0 Å². The molecule has 29 heavy (non-hydrogen) atoms. The molecule has 5 nitrogen and oxygen atoms in total. The molecule has 2 aromatic rings. The number of ether oxygens (including phenoxy) is 2. The van der Waals surface area contributed by atoms with E-state index in [-0.39, 0.29) is 24.0 Å². The number of benzene rings is 2. The van der Waals surface area contributed by atoms with Gasteiger partial charge in [0.05, 0.1) is 14.2 Å². The van der Waals surface area contributed by atoms with Gasteiger partial charge in [0.1, 0.15) is 0 Å². The van der Waals surface area contributed by atoms with E-state index in [0.29, 0.717) is 24.3 Å². The van der Waals surface area contributed by atoms with Crippen LogP contribution in [-0.2, 0) is 9.59 Å². The first-order chi connectivity index (χ1) is 14.0. The Morgan fingerprint density at radius 1 is 0.966 bits per heavy atom. The lowest BCUT2D eigenvalue weighted by Crippen LogP contribution is -2.40. The van der Waals surface area contributed by atoms with Gasteiger partial charge >= 0.3 is 0 Å². The molecule has 2 aliphatic rings. The van der Waals surface area contributed by atoms with Gasteiger partial charge < -0.3 is 9.47 Å². The molecule has 1 amide bonds. The fourth-order valence-electron chi connectivity index (χ4n) is 4.44. The maximum atomic E-state index is 13.3. The summed E-state index contributed by atoms with van der Waals surface area (Å²) in [5.74, 6) is 0.977. The van der Waals surface area contributed by atoms with Gasteiger partial charge in [0.25, 0.3) is 0 Å². The van der Waals surface area contributed by atoms with E-state index in [1.54, 1.807) is 19.1 Å². The van der Waals surface area contributed by atoms with Gasteiger partial charge in [-0.1, -0.05) is 29.8 Å². The summed E-state index contributed by atoms with van der Waals surface area (Å²) in [5, 5.41) is 0. The van der Waals surface area contributed by atoms with Crippen LogP contribution in [0.4, 0.5) is 5.69 Å². The highest BCUT2D eigenvalue weighted by atomic mass is 16.5. The van der Waals surface area contributed by atoms with Crippen LogP contribution >= 0.6 is 0 Å². The monoisotopic (exact) mass is 391 g/mol. The Bertz CT molecular complexity index is 990. The number of rotatable bonds is 4. The van der Waals surface area contributed by atoms with Crippen molar-refractivity contribution in [3.63, 3.8) is 0 Å². The van der Waals surface area contributed by atoms with Crippen molar-refractivity contribution in [2.75, 3.05) is 19.1 Å². The normalized spacial score (nSPS) is 19.3. The Hall–Kier alpha value is -3.08. The van der Waals surface area contributed by atoms with Crippen LogP contribution < -0.4 is 14.4 Å². The quantitative estimate of drug-likeness (QED) is 0.768. The predicted octanol–water partition coefficient (Wildman–Crippen LogP) is 4.54. The molecule has 0 N–H and O–H groups in total. The Morgan fingerprint density at radius 2 is 1.72 bits per heavy atom. The summed E-state index contributed by atoms with van der Waals surface area (Å²) in [5.41, 5.74) is 4.34. The number of para-hydroxylation sites is 1. The average Bonchev–Trinajstić information content (AvgIpc) is 2.73. The summed E-state index contributed by atoms with van der Waals surface area (Å²) >= 11 is 0. The van der Waals surface area contributed by atoms with Gasteiger partial charge in [-0.05, 0) is 38.0 Å². The van der Waals surface area contributed by atoms with E-state index < -0.39 is 0 Å². The second-order valence-electron chi connectivity index (χ2n) is 7.54. The Labute approximate surface area is 170 Å². The second-order valence-corrected chi connectivity index (χ2v) is 7.54. The van der Waals surface area contributed by atoms with E-state index in [2.05, 4.69) is 0 Å². The number of amides is 1. The standard InChI is InChI=1S/C24H25NO4/c1-15-10-12-16(13-11-15)25-19-7-5-8-20(26)23(19)18(14-22(25)27)17-6-4-9-21(28-2)24(17)29-3/h4,6,9-13,18H,5,7-8,14H2,1-3H3. The van der Waals surface area contributed by atoms with E-state index in [4.69, 9.17) is 9.47 Å². The van der Waals surface area contributed by atoms with Crippen molar-refractivity contribution >= 4 is 17.4 Å². The molecular formula is C24H25NO4. The zero-order chi connectivity index (χ0) is 20.5. The van der Waals surface area contributed by atoms with Crippen LogP contribution in [-0.4, -0.2) is 25.9 Å². The van der Waals surface area contributed by atoms with Gasteiger partial charge in [-0.15, -0.1) is 0 Å². The van der Waals surface area contributed by atoms with Gasteiger partial charge in [0.15, 0.2) is 17.3 Å². The molecular weight excluding hydrogens is 366 g/mol. The first kappa shape index (κ1) is 19.2. The summed E-state index contributed by atoms with van der Waals surface area (Å²) in [6.07, 6.45) is 2.21. The number of Topliss-reactive ketones (excluding diaryl/α,β-unsaturated/α-hetero) is 1. The first-order valence-electron chi connectivity index (χ1n) is 9.92. The average molecular weight is 391 g/mol. The van der Waals surface area contributed by atoms with Crippen LogP contribution in [0.15, 0.2) is 53.7 Å². The lowest BCUT2D eigenvalue weighted by Gasteiger charge is -2.38. The molecule has 1 atom stereocenters. The molecule has 1 unspecified atom stereocenters. The molecule has 150 valence electrons. The minimum absolute atomic E-state index is 0.00261. The number of anilines is 1. The van der Waals surface area contributed by atoms with Crippen LogP contribution in [0, 0.1) is 6.92 Å². The lowest BCUT2D eigenvalue weighted by atomic mass is 9.76. The van der Waals surface area contributed by atoms with E-state index in [1.165, 1.54) is 0 Å². The summed E-state index contributed by atoms with van der Waals surface area (Å²) in [6.45, 7) is 2.02. The number of carbonyl (C=O) groups excluding carboxylic acids is 2. The number of carbonyl (C=O) groups is 2. The van der Waals surface area contributed by atoms with Crippen LogP contribution in [0.2, 0.25) is 0 Å². The zero-order valence-corrected chi connectivity index (χ0v) is 17.0. The highest BCUT2D eigenvalue weighted by Crippen LogP contribution is 2.47. The minimum Gasteiger partial charge on any atom is -0.493 e. The Balaban J connectivity index is 1.88. The van der Waals surface area contributed by atoms with Crippen molar-refractivity contribution < 1.29 is 19.1 Å². The number of ketones is 1. The van der Waals surface area contributed by atoms with Crippen molar-refractivity contribution in [3.8, 4) is 11.5 Å². The van der Waals surface area contributed by atoms with Gasteiger partial charge in [-0.25, -0.2) is 0 Å². The summed E-state index contributed by atoms with van der Waals surface area (Å²) < 4.78 is 11.0. The third-order valence-electron chi connectivity index (χ3n) is 5.78. The predicted molar refractivity (Wildman–Crippen MR) is 111 cm³/mol. The number of methoxy groups -OCH3 is 2. The molecule has 1 aliphatic heterocycles. The van der Waals surface area contributed by atoms with Crippen molar-refractivity contribution in [2.24, 2.45) is 0 Å². The summed E-state index contributed by atoms with van der Waals surface area (Å²) in [4.78, 5) is 28.1. The minimum atomic E-state index is -0.322. The molecule has 4 rings (SSSR count). The fraction of sp³-hybridized carbons (Fsp3) is 0.333. The molecule has 1 aliphatic carbocycles. The second kappa shape index (κ2) is 7.74. The van der Waals surface area contributed by atoms with Gasteiger partial charge in [-0.2, -0.15) is 0 Å². The maximum Gasteiger partial charge on any atom is 0.232 e. The Kier molecular flexibility index (Phi) is 5.14. The highest BCUT2D eigenvalue weighted by molar-refractivity contribution is 6.07. The molecule has 2 aromatic carbocycles. The van der Waals surface area contributed by atoms with E-state index in [9.17, 15) is 9.59 Å². The van der Waals surface area contributed by atoms with Crippen molar-refractivity contribution in [1.82, 2.24) is 0 Å². The first-order valence-corrected chi connectivity index (χ1v) is 9.92. The number of hydrogen-bond donors (Lipinski definition) is 0. The van der Waals surface area contributed by atoms with E-state index in [0.717, 1.165) is 34.5 Å². The molecule has 1 heterocycles. The van der Waals surface area contributed by atoms with Gasteiger partial charge in [0, 0.05) is 41.3 Å². The van der Waals surface area contributed by atoms with Crippen molar-refractivity contribution in [3.05, 3.63) is 64.9 Å². The van der Waals surface area contributed by atoms with E-state index in [1.807, 2.05) is 49.4 Å². The number of nitrogens with zero attached hydrogens (tertiary/aromatic N) is 1. The third-order valence-corrected chi connectivity index (χ3v) is 5.78. The molecule has 0 bridgehead atoms. The number of aryl methyl sites for hydroxylation is 1. The van der Waals surface area contributed by atoms with Crippen LogP contribution in [0.5, 0.6) is 11.5 Å². The lowest BCUT2D eigenvalue weighted by molar-refractivity contribution is -0.119. The van der Waals surface area contributed by atoms with Crippen LogP contribution in [0.1, 0.15) is 42.7 Å². The summed E-state index contributed by atoms with van der Waals surface area (Å²) in [7, 11) is 3.17.